The minimum Gasteiger partial charge on any atom is -0.214 e. The van der Waals surface area contributed by atoms with Gasteiger partial charge in [-0.3, -0.25) is 0 Å². The molecule has 4 aromatic carbocycles. The van der Waals surface area contributed by atoms with Crippen LogP contribution in [0.5, 0.6) is 0 Å². The second kappa shape index (κ2) is 16.3. The van der Waals surface area contributed by atoms with Crippen molar-refractivity contribution in [2.45, 2.75) is 44.9 Å². The van der Waals surface area contributed by atoms with Crippen LogP contribution in [0, 0.1) is 0 Å². The smallest absolute Gasteiger partial charge is 0.214 e. The molecule has 2 heteroatoms. The average Bonchev–Trinajstić information content (AvgIpc) is 3.50. The zero-order chi connectivity index (χ0) is 19.2. The predicted octanol–water partition coefficient (Wildman–Crippen LogP) is 7.82. The number of hydrogen-bond donors (Lipinski definition) is 0. The second-order valence-corrected chi connectivity index (χ2v) is 6.85. The van der Waals surface area contributed by atoms with Crippen LogP contribution in [-0.4, -0.2) is 0 Å². The Balaban J connectivity index is 0.000000537. The Morgan fingerprint density at radius 1 is 0.552 bits per heavy atom. The van der Waals surface area contributed by atoms with Crippen LogP contribution < -0.4 is 0 Å². The summed E-state index contributed by atoms with van der Waals surface area (Å²) >= 11 is 0. The minimum absolute atomic E-state index is 0. The molecule has 0 amide bonds. The van der Waals surface area contributed by atoms with Crippen LogP contribution in [0.2, 0.25) is 0 Å². The van der Waals surface area contributed by atoms with E-state index >= 15 is 0 Å². The first-order valence-corrected chi connectivity index (χ1v) is 10.1. The third kappa shape index (κ3) is 8.77. The summed E-state index contributed by atoms with van der Waals surface area (Å²) in [5, 5.41) is 0. The fraction of sp³-hybridized carbons (Fsp3) is 0.259. The Labute approximate surface area is 198 Å². The maximum atomic E-state index is 2.29. The first-order chi connectivity index (χ1) is 13.3. The quantitative estimate of drug-likeness (QED) is 0.200. The van der Waals surface area contributed by atoms with Gasteiger partial charge in [0.25, 0.3) is 0 Å². The molecule has 0 fully saturated rings. The van der Waals surface area contributed by atoms with E-state index < -0.39 is 0 Å². The molecule has 0 heterocycles. The van der Waals surface area contributed by atoms with Gasteiger partial charge in [-0.25, -0.2) is 48.5 Å². The topological polar surface area (TPSA) is 0 Å². The van der Waals surface area contributed by atoms with E-state index in [1.54, 1.807) is 0 Å². The number of hydrogen-bond acceptors (Lipinski definition) is 0. The standard InChI is InChI=1S/C17H22.2C5H5.2Fe/c1-3-13-17(14-4-2,15-9-5-6-10-15)16-11-7-8-12-16;2*1-2-4-5-3-1;;/h5-12H,3-4,13-14H2,1-2H3;2*1-5H;;/q-2;2*-1;2*+2. The van der Waals surface area contributed by atoms with Crippen molar-refractivity contribution in [2.75, 3.05) is 0 Å². The van der Waals surface area contributed by atoms with Crippen LogP contribution in [-0.2, 0) is 39.6 Å². The summed E-state index contributed by atoms with van der Waals surface area (Å²) in [4.78, 5) is 0. The van der Waals surface area contributed by atoms with Crippen LogP contribution in [0.4, 0.5) is 0 Å². The Bertz CT molecular complexity index is 642. The zero-order valence-electron chi connectivity index (χ0n) is 17.4. The molecule has 0 atom stereocenters. The van der Waals surface area contributed by atoms with E-state index in [2.05, 4.69) is 62.4 Å². The Morgan fingerprint density at radius 3 is 1.07 bits per heavy atom. The van der Waals surface area contributed by atoms with Crippen molar-refractivity contribution in [3.63, 3.8) is 0 Å². The normalized spacial score (nSPS) is 9.72. The van der Waals surface area contributed by atoms with E-state index in [4.69, 9.17) is 0 Å². The minimum atomic E-state index is 0. The van der Waals surface area contributed by atoms with Crippen LogP contribution in [0.25, 0.3) is 0 Å². The van der Waals surface area contributed by atoms with E-state index in [1.165, 1.54) is 36.8 Å². The van der Waals surface area contributed by atoms with Gasteiger partial charge in [-0.05, 0) is 0 Å². The Kier molecular flexibility index (Phi) is 15.4. The van der Waals surface area contributed by atoms with E-state index in [0.717, 1.165) is 0 Å². The molecule has 0 N–H and O–H groups in total. The molecule has 4 rings (SSSR count). The van der Waals surface area contributed by atoms with Crippen LogP contribution in [0.1, 0.15) is 50.7 Å². The van der Waals surface area contributed by atoms with Gasteiger partial charge >= 0.3 is 34.1 Å². The molecule has 0 aliphatic rings. The fourth-order valence-electron chi connectivity index (χ4n) is 3.75. The first kappa shape index (κ1) is 27.4. The predicted molar refractivity (Wildman–Crippen MR) is 119 cm³/mol. The molecular weight excluding hydrogens is 436 g/mol. The van der Waals surface area contributed by atoms with Gasteiger partial charge < -0.3 is 0 Å². The van der Waals surface area contributed by atoms with Crippen LogP contribution in [0.3, 0.4) is 0 Å². The molecule has 0 saturated carbocycles. The molecular formula is C27H32Fe2. The summed E-state index contributed by atoms with van der Waals surface area (Å²) in [5.74, 6) is 0. The fourth-order valence-corrected chi connectivity index (χ4v) is 3.75. The average molecular weight is 468 g/mol. The van der Waals surface area contributed by atoms with Crippen LogP contribution in [0.15, 0.2) is 109 Å². The van der Waals surface area contributed by atoms with Gasteiger partial charge in [0.1, 0.15) is 0 Å². The first-order valence-electron chi connectivity index (χ1n) is 10.1. The van der Waals surface area contributed by atoms with Gasteiger partial charge in [0, 0.05) is 0 Å². The van der Waals surface area contributed by atoms with Crippen molar-refractivity contribution in [1.82, 2.24) is 0 Å². The largest absolute Gasteiger partial charge is 2.00 e. The second-order valence-electron chi connectivity index (χ2n) is 6.85. The van der Waals surface area contributed by atoms with Crippen molar-refractivity contribution in [3.8, 4) is 0 Å². The molecule has 0 bridgehead atoms. The van der Waals surface area contributed by atoms with Crippen molar-refractivity contribution in [1.29, 1.82) is 0 Å². The molecule has 0 nitrogen and oxygen atoms in total. The Hall–Kier alpha value is -1.56. The SMILES string of the molecule is CCCC(CCC)([c-]1cccc1)[c-]1cccc1.[Fe+2].[Fe+2].c1cc[cH-]c1.c1cc[cH-]c1. The van der Waals surface area contributed by atoms with E-state index in [0.29, 0.717) is 0 Å². The molecule has 4 aromatic rings. The summed E-state index contributed by atoms with van der Waals surface area (Å²) in [6, 6.07) is 37.8. The molecule has 0 aliphatic heterocycles. The molecule has 0 aromatic heterocycles. The van der Waals surface area contributed by atoms with E-state index in [9.17, 15) is 0 Å². The van der Waals surface area contributed by atoms with Gasteiger partial charge in [-0.15, -0.1) is 0 Å². The van der Waals surface area contributed by atoms with Crippen molar-refractivity contribution < 1.29 is 34.1 Å². The maximum absolute atomic E-state index is 2.29. The molecule has 0 unspecified atom stereocenters. The third-order valence-electron chi connectivity index (χ3n) is 4.90. The maximum Gasteiger partial charge on any atom is 2.00 e. The Morgan fingerprint density at radius 2 is 0.862 bits per heavy atom. The summed E-state index contributed by atoms with van der Waals surface area (Å²) < 4.78 is 0. The summed E-state index contributed by atoms with van der Waals surface area (Å²) in [6.07, 6.45) is 4.95. The third-order valence-corrected chi connectivity index (χ3v) is 4.90. The monoisotopic (exact) mass is 468 g/mol. The zero-order valence-corrected chi connectivity index (χ0v) is 19.6. The molecule has 29 heavy (non-hydrogen) atoms. The van der Waals surface area contributed by atoms with Crippen molar-refractivity contribution >= 4 is 0 Å². The van der Waals surface area contributed by atoms with Gasteiger partial charge in [0.05, 0.1) is 0 Å². The van der Waals surface area contributed by atoms with Gasteiger partial charge in [0.2, 0.25) is 0 Å². The van der Waals surface area contributed by atoms with E-state index in [-0.39, 0.29) is 39.6 Å². The molecule has 0 spiro atoms. The molecule has 156 valence electrons. The van der Waals surface area contributed by atoms with Crippen molar-refractivity contribution in [3.05, 3.63) is 120 Å². The van der Waals surface area contributed by atoms with Gasteiger partial charge in [-0.2, -0.15) is 71.8 Å². The summed E-state index contributed by atoms with van der Waals surface area (Å²) in [5.41, 5.74) is 3.23. The summed E-state index contributed by atoms with van der Waals surface area (Å²) in [7, 11) is 0. The van der Waals surface area contributed by atoms with Crippen molar-refractivity contribution in [2.24, 2.45) is 0 Å². The van der Waals surface area contributed by atoms with Gasteiger partial charge in [-0.1, -0.05) is 44.9 Å². The molecule has 0 aliphatic carbocycles. The summed E-state index contributed by atoms with van der Waals surface area (Å²) in [6.45, 7) is 4.58. The molecule has 0 radical (unpaired) electrons. The molecule has 0 saturated heterocycles. The van der Waals surface area contributed by atoms with E-state index in [1.807, 2.05) is 60.7 Å². The van der Waals surface area contributed by atoms with Gasteiger partial charge in [0.15, 0.2) is 0 Å². The van der Waals surface area contributed by atoms with Crippen LogP contribution >= 0.6 is 0 Å². The number of rotatable bonds is 6.